The van der Waals surface area contributed by atoms with Crippen LogP contribution in [0.1, 0.15) is 58.4 Å². The van der Waals surface area contributed by atoms with Crippen molar-refractivity contribution >= 4 is 28.8 Å². The molecule has 4 aliphatic heterocycles. The molecule has 0 unspecified atom stereocenters. The minimum atomic E-state index is -0.241. The van der Waals surface area contributed by atoms with E-state index in [0.717, 1.165) is 74.4 Å². The SMILES string of the molecule is O=C(Nc1cc2c(cc1N1CCC(N3CCC3)CC1)C(=O)N(C1CCNCC1)C2)c1cnn2cccnc12. The molecule has 3 aromatic rings. The van der Waals surface area contributed by atoms with Gasteiger partial charge in [-0.25, -0.2) is 9.50 Å². The van der Waals surface area contributed by atoms with Crippen LogP contribution in [0.5, 0.6) is 0 Å². The van der Waals surface area contributed by atoms with Crippen molar-refractivity contribution in [3.63, 3.8) is 0 Å². The summed E-state index contributed by atoms with van der Waals surface area (Å²) < 4.78 is 1.61. The molecule has 0 saturated carbocycles. The van der Waals surface area contributed by atoms with Gasteiger partial charge in [0, 0.05) is 49.7 Å². The Hall–Kier alpha value is -3.50. The fourth-order valence-electron chi connectivity index (χ4n) is 6.50. The molecule has 7 rings (SSSR count). The number of benzene rings is 1. The van der Waals surface area contributed by atoms with E-state index in [-0.39, 0.29) is 17.9 Å². The van der Waals surface area contributed by atoms with Crippen molar-refractivity contribution in [1.82, 2.24) is 29.7 Å². The van der Waals surface area contributed by atoms with Crippen molar-refractivity contribution in [2.75, 3.05) is 49.5 Å². The van der Waals surface area contributed by atoms with Crippen LogP contribution < -0.4 is 15.5 Å². The summed E-state index contributed by atoms with van der Waals surface area (Å²) in [5.41, 5.74) is 4.41. The average molecular weight is 515 g/mol. The molecule has 4 aliphatic rings. The second kappa shape index (κ2) is 9.67. The Bertz CT molecular complexity index is 1370. The first kappa shape index (κ1) is 23.6. The molecule has 198 valence electrons. The number of likely N-dealkylation sites (tertiary alicyclic amines) is 1. The number of amides is 2. The predicted octanol–water partition coefficient (Wildman–Crippen LogP) is 2.36. The molecule has 0 atom stereocenters. The molecule has 2 N–H and O–H groups in total. The van der Waals surface area contributed by atoms with E-state index in [1.807, 2.05) is 17.0 Å². The molecule has 10 nitrogen and oxygen atoms in total. The number of piperidine rings is 2. The highest BCUT2D eigenvalue weighted by Crippen LogP contribution is 2.38. The summed E-state index contributed by atoms with van der Waals surface area (Å²) in [7, 11) is 0. The Morgan fingerprint density at radius 2 is 1.84 bits per heavy atom. The van der Waals surface area contributed by atoms with Gasteiger partial charge in [-0.05, 0) is 82.0 Å². The van der Waals surface area contributed by atoms with Gasteiger partial charge in [0.25, 0.3) is 11.8 Å². The third kappa shape index (κ3) is 4.12. The van der Waals surface area contributed by atoms with Gasteiger partial charge >= 0.3 is 0 Å². The molecule has 2 aromatic heterocycles. The van der Waals surface area contributed by atoms with Crippen molar-refractivity contribution in [3.05, 3.63) is 53.5 Å². The minimum absolute atomic E-state index is 0.119. The molecule has 0 bridgehead atoms. The predicted molar refractivity (Wildman–Crippen MR) is 145 cm³/mol. The topological polar surface area (TPSA) is 98.1 Å². The standard InChI is InChI=1S/C28H34N8O2/c37-27(23-17-31-36-12-1-7-30-26(23)36)32-24-15-19-18-35(21-3-8-29-9-4-21)28(38)22(19)16-25(24)34-13-5-20(6-14-34)33-10-2-11-33/h1,7,12,15-17,20-21,29H,2-6,8-11,13-14,18H2,(H,32,37). The van der Waals surface area contributed by atoms with Crippen molar-refractivity contribution in [2.45, 2.75) is 50.7 Å². The normalized spacial score (nSPS) is 21.1. The average Bonchev–Trinajstić information content (AvgIpc) is 3.49. The lowest BCUT2D eigenvalue weighted by Crippen LogP contribution is -2.50. The molecule has 3 saturated heterocycles. The van der Waals surface area contributed by atoms with Gasteiger partial charge in [-0.2, -0.15) is 5.10 Å². The highest BCUT2D eigenvalue weighted by molar-refractivity contribution is 6.10. The van der Waals surface area contributed by atoms with Crippen LogP contribution in [0, 0.1) is 0 Å². The van der Waals surface area contributed by atoms with Crippen LogP contribution >= 0.6 is 0 Å². The van der Waals surface area contributed by atoms with Gasteiger partial charge in [0.15, 0.2) is 5.65 Å². The van der Waals surface area contributed by atoms with Crippen LogP contribution in [0.25, 0.3) is 5.65 Å². The number of carbonyl (C=O) groups is 2. The molecule has 1 aromatic carbocycles. The van der Waals surface area contributed by atoms with Crippen molar-refractivity contribution in [3.8, 4) is 0 Å². The van der Waals surface area contributed by atoms with Gasteiger partial charge < -0.3 is 25.3 Å². The van der Waals surface area contributed by atoms with E-state index in [9.17, 15) is 9.59 Å². The van der Waals surface area contributed by atoms with Gasteiger partial charge in [-0.1, -0.05) is 0 Å². The van der Waals surface area contributed by atoms with Crippen LogP contribution in [0.4, 0.5) is 11.4 Å². The number of anilines is 2. The van der Waals surface area contributed by atoms with E-state index in [0.29, 0.717) is 23.8 Å². The number of carbonyl (C=O) groups excluding carboxylic acids is 2. The third-order valence-electron chi connectivity index (χ3n) is 8.79. The van der Waals surface area contributed by atoms with Crippen molar-refractivity contribution < 1.29 is 9.59 Å². The first-order chi connectivity index (χ1) is 18.7. The van der Waals surface area contributed by atoms with Crippen molar-refractivity contribution in [1.29, 1.82) is 0 Å². The fraction of sp³-hybridized carbons (Fsp3) is 0.500. The highest BCUT2D eigenvalue weighted by Gasteiger charge is 2.36. The number of rotatable bonds is 5. The second-order valence-electron chi connectivity index (χ2n) is 10.9. The summed E-state index contributed by atoms with van der Waals surface area (Å²) in [5, 5.41) is 10.9. The summed E-state index contributed by atoms with van der Waals surface area (Å²) in [6.45, 7) is 6.71. The smallest absolute Gasteiger partial charge is 0.261 e. The number of nitrogens with one attached hydrogen (secondary N) is 2. The monoisotopic (exact) mass is 514 g/mol. The first-order valence-corrected chi connectivity index (χ1v) is 13.9. The molecule has 2 amide bonds. The Morgan fingerprint density at radius 1 is 1.03 bits per heavy atom. The highest BCUT2D eigenvalue weighted by atomic mass is 16.2. The van der Waals surface area contributed by atoms with E-state index < -0.39 is 0 Å². The minimum Gasteiger partial charge on any atom is -0.370 e. The number of hydrogen-bond donors (Lipinski definition) is 2. The van der Waals surface area contributed by atoms with Crippen molar-refractivity contribution in [2.24, 2.45) is 0 Å². The zero-order valence-electron chi connectivity index (χ0n) is 21.6. The van der Waals surface area contributed by atoms with Crippen LogP contribution in [-0.4, -0.2) is 87.6 Å². The second-order valence-corrected chi connectivity index (χ2v) is 10.9. The summed E-state index contributed by atoms with van der Waals surface area (Å²) in [6.07, 6.45) is 10.4. The zero-order chi connectivity index (χ0) is 25.6. The number of hydrogen-bond acceptors (Lipinski definition) is 7. The van der Waals surface area contributed by atoms with Gasteiger partial charge in [0.2, 0.25) is 0 Å². The maximum atomic E-state index is 13.6. The molecule has 10 heteroatoms. The van der Waals surface area contributed by atoms with Gasteiger partial charge in [-0.15, -0.1) is 0 Å². The largest absolute Gasteiger partial charge is 0.370 e. The zero-order valence-corrected chi connectivity index (χ0v) is 21.6. The summed E-state index contributed by atoms with van der Waals surface area (Å²) in [6, 6.07) is 6.74. The maximum absolute atomic E-state index is 13.6. The quantitative estimate of drug-likeness (QED) is 0.540. The van der Waals surface area contributed by atoms with Crippen LogP contribution in [0.15, 0.2) is 36.8 Å². The van der Waals surface area contributed by atoms with E-state index in [1.165, 1.54) is 19.5 Å². The van der Waals surface area contributed by atoms with Gasteiger partial charge in [-0.3, -0.25) is 9.59 Å². The molecular formula is C28H34N8O2. The molecule has 6 heterocycles. The van der Waals surface area contributed by atoms with E-state index in [1.54, 1.807) is 29.2 Å². The molecule has 0 radical (unpaired) electrons. The van der Waals surface area contributed by atoms with Gasteiger partial charge in [0.05, 0.1) is 17.6 Å². The molecule has 3 fully saturated rings. The third-order valence-corrected chi connectivity index (χ3v) is 8.79. The number of fused-ring (bicyclic) bond motifs is 2. The van der Waals surface area contributed by atoms with E-state index >= 15 is 0 Å². The lowest BCUT2D eigenvalue weighted by molar-refractivity contribution is 0.0668. The number of aromatic nitrogens is 3. The Labute approximate surface area is 222 Å². The lowest BCUT2D eigenvalue weighted by Gasteiger charge is -2.43. The Morgan fingerprint density at radius 3 is 2.61 bits per heavy atom. The van der Waals surface area contributed by atoms with E-state index in [2.05, 4.69) is 30.5 Å². The summed E-state index contributed by atoms with van der Waals surface area (Å²) in [5.74, 6) is -0.122. The fourth-order valence-corrected chi connectivity index (χ4v) is 6.50. The molecular weight excluding hydrogens is 480 g/mol. The molecule has 38 heavy (non-hydrogen) atoms. The summed E-state index contributed by atoms with van der Waals surface area (Å²) in [4.78, 5) is 38.4. The van der Waals surface area contributed by atoms with Gasteiger partial charge in [0.1, 0.15) is 5.56 Å². The van der Waals surface area contributed by atoms with Crippen LogP contribution in [0.3, 0.4) is 0 Å². The maximum Gasteiger partial charge on any atom is 0.261 e. The molecule has 0 spiro atoms. The van der Waals surface area contributed by atoms with Crippen LogP contribution in [-0.2, 0) is 6.54 Å². The number of nitrogens with zero attached hydrogens (tertiary/aromatic N) is 6. The van der Waals surface area contributed by atoms with E-state index in [4.69, 9.17) is 0 Å². The summed E-state index contributed by atoms with van der Waals surface area (Å²) >= 11 is 0. The lowest BCUT2D eigenvalue weighted by atomic mass is 9.98. The Balaban J connectivity index is 1.20. The van der Waals surface area contributed by atoms with Crippen LogP contribution in [0.2, 0.25) is 0 Å². The Kier molecular flexibility index (Phi) is 6.01. The molecule has 0 aliphatic carbocycles. The first-order valence-electron chi connectivity index (χ1n) is 13.9.